The van der Waals surface area contributed by atoms with E-state index >= 15 is 0 Å². The fourth-order valence-corrected chi connectivity index (χ4v) is 0.978. The molecule has 1 rings (SSSR count). The van der Waals surface area contributed by atoms with Crippen LogP contribution in [-0.4, -0.2) is 18.9 Å². The van der Waals surface area contributed by atoms with Crippen molar-refractivity contribution in [2.75, 3.05) is 7.11 Å². The monoisotopic (exact) mass is 166 g/mol. The fraction of sp³-hybridized carbons (Fsp3) is 0.333. The molecule has 0 aliphatic heterocycles. The van der Waals surface area contributed by atoms with Gasteiger partial charge in [0.05, 0.1) is 7.11 Å². The molecular formula is C9H10O3. The summed E-state index contributed by atoms with van der Waals surface area (Å²) < 4.78 is 4.58. The molecule has 0 fully saturated rings. The minimum atomic E-state index is -0.775. The Balaban J connectivity index is 2.88. The van der Waals surface area contributed by atoms with Crippen molar-refractivity contribution < 1.29 is 14.3 Å². The Labute approximate surface area is 70.7 Å². The zero-order chi connectivity index (χ0) is 9.19. The van der Waals surface area contributed by atoms with E-state index in [0.29, 0.717) is 0 Å². The van der Waals surface area contributed by atoms with Crippen LogP contribution in [0.3, 0.4) is 0 Å². The highest BCUT2D eigenvalue weighted by Gasteiger charge is 2.30. The summed E-state index contributed by atoms with van der Waals surface area (Å²) in [6.45, 7) is 1.69. The molecule has 3 heteroatoms. The van der Waals surface area contributed by atoms with E-state index in [-0.39, 0.29) is 11.8 Å². The molecule has 0 heterocycles. The maximum Gasteiger partial charge on any atom is 0.319 e. The molecule has 0 atom stereocenters. The molecule has 64 valence electrons. The normalized spacial score (nSPS) is 19.3. The van der Waals surface area contributed by atoms with Crippen molar-refractivity contribution >= 4 is 11.8 Å². The van der Waals surface area contributed by atoms with Gasteiger partial charge in [0.15, 0.2) is 5.78 Å². The lowest BCUT2D eigenvalue weighted by Gasteiger charge is -2.19. The predicted octanol–water partition coefficient (Wildman–Crippen LogP) is 0.861. The Kier molecular flexibility index (Phi) is 2.13. The maximum atomic E-state index is 11.2. The highest BCUT2D eigenvalue weighted by atomic mass is 16.5. The van der Waals surface area contributed by atoms with Gasteiger partial charge in [0.2, 0.25) is 0 Å². The third-order valence-corrected chi connectivity index (χ3v) is 1.81. The van der Waals surface area contributed by atoms with E-state index in [0.717, 1.165) is 0 Å². The van der Waals surface area contributed by atoms with E-state index in [1.165, 1.54) is 19.3 Å². The smallest absolute Gasteiger partial charge is 0.319 e. The van der Waals surface area contributed by atoms with Crippen LogP contribution in [0.25, 0.3) is 0 Å². The second-order valence-electron chi connectivity index (χ2n) is 2.84. The van der Waals surface area contributed by atoms with Gasteiger partial charge >= 0.3 is 5.97 Å². The first-order valence-corrected chi connectivity index (χ1v) is 3.59. The van der Waals surface area contributed by atoms with Crippen molar-refractivity contribution in [2.45, 2.75) is 6.92 Å². The summed E-state index contributed by atoms with van der Waals surface area (Å²) in [7, 11) is 1.33. The average Bonchev–Trinajstić information content (AvgIpc) is 2.09. The van der Waals surface area contributed by atoms with Crippen molar-refractivity contribution in [1.82, 2.24) is 0 Å². The number of allylic oxidation sites excluding steroid dienone is 2. The van der Waals surface area contributed by atoms with Crippen molar-refractivity contribution in [1.29, 1.82) is 0 Å². The van der Waals surface area contributed by atoms with Crippen LogP contribution < -0.4 is 0 Å². The third-order valence-electron chi connectivity index (χ3n) is 1.81. The molecule has 0 aromatic rings. The van der Waals surface area contributed by atoms with Crippen LogP contribution in [0.2, 0.25) is 0 Å². The van der Waals surface area contributed by atoms with Crippen LogP contribution in [0.4, 0.5) is 0 Å². The van der Waals surface area contributed by atoms with Crippen molar-refractivity contribution in [3.63, 3.8) is 0 Å². The van der Waals surface area contributed by atoms with Gasteiger partial charge in [-0.1, -0.05) is 12.2 Å². The largest absolute Gasteiger partial charge is 0.468 e. The van der Waals surface area contributed by atoms with Crippen LogP contribution >= 0.6 is 0 Å². The Morgan fingerprint density at radius 3 is 2.33 bits per heavy atom. The number of ketones is 1. The molecular weight excluding hydrogens is 156 g/mol. The van der Waals surface area contributed by atoms with E-state index in [1.807, 2.05) is 0 Å². The van der Waals surface area contributed by atoms with Gasteiger partial charge in [-0.2, -0.15) is 0 Å². The summed E-state index contributed by atoms with van der Waals surface area (Å²) in [6.07, 6.45) is 5.83. The van der Waals surface area contributed by atoms with Gasteiger partial charge < -0.3 is 4.74 Å². The van der Waals surface area contributed by atoms with Crippen LogP contribution in [-0.2, 0) is 14.3 Å². The molecule has 1 aliphatic carbocycles. The fourth-order valence-electron chi connectivity index (χ4n) is 0.978. The summed E-state index contributed by atoms with van der Waals surface area (Å²) in [5, 5.41) is 0. The predicted molar refractivity (Wildman–Crippen MR) is 43.4 cm³/mol. The minimum Gasteiger partial charge on any atom is -0.468 e. The molecule has 1 aliphatic rings. The third kappa shape index (κ3) is 1.44. The van der Waals surface area contributed by atoms with E-state index < -0.39 is 5.41 Å². The van der Waals surface area contributed by atoms with Gasteiger partial charge in [-0.15, -0.1) is 0 Å². The molecule has 0 aromatic heterocycles. The highest BCUT2D eigenvalue weighted by Crippen LogP contribution is 2.24. The molecule has 0 saturated heterocycles. The lowest BCUT2D eigenvalue weighted by Crippen LogP contribution is -2.26. The summed E-state index contributed by atoms with van der Waals surface area (Å²) in [4.78, 5) is 21.9. The van der Waals surface area contributed by atoms with Crippen molar-refractivity contribution in [3.05, 3.63) is 24.3 Å². The molecule has 0 unspecified atom stereocenters. The molecule has 0 amide bonds. The number of methoxy groups -OCH3 is 1. The molecule has 12 heavy (non-hydrogen) atoms. The lowest BCUT2D eigenvalue weighted by atomic mass is 9.86. The van der Waals surface area contributed by atoms with Crippen LogP contribution in [0.15, 0.2) is 24.3 Å². The number of rotatable bonds is 1. The van der Waals surface area contributed by atoms with Crippen molar-refractivity contribution in [2.24, 2.45) is 5.41 Å². The van der Waals surface area contributed by atoms with E-state index in [9.17, 15) is 9.59 Å². The zero-order valence-electron chi connectivity index (χ0n) is 7.03. The van der Waals surface area contributed by atoms with Gasteiger partial charge in [-0.05, 0) is 19.1 Å². The van der Waals surface area contributed by atoms with Gasteiger partial charge in [0, 0.05) is 0 Å². The van der Waals surface area contributed by atoms with Crippen LogP contribution in [0, 0.1) is 5.41 Å². The summed E-state index contributed by atoms with van der Waals surface area (Å²) >= 11 is 0. The maximum absolute atomic E-state index is 11.2. The quantitative estimate of drug-likeness (QED) is 0.542. The van der Waals surface area contributed by atoms with Crippen molar-refractivity contribution in [3.8, 4) is 0 Å². The summed E-state index contributed by atoms with van der Waals surface area (Å²) in [5.41, 5.74) is -0.775. The number of hydrogen-bond acceptors (Lipinski definition) is 3. The zero-order valence-corrected chi connectivity index (χ0v) is 7.03. The van der Waals surface area contributed by atoms with Gasteiger partial charge in [-0.25, -0.2) is 0 Å². The molecule has 0 saturated carbocycles. The standard InChI is InChI=1S/C9H10O3/c1-9(8(11)12-2)5-3-7(10)4-6-9/h3-6H,1-2H3. The first-order chi connectivity index (χ1) is 5.58. The number of hydrogen-bond donors (Lipinski definition) is 0. The van der Waals surface area contributed by atoms with Gasteiger partial charge in [0.1, 0.15) is 5.41 Å². The molecule has 3 nitrogen and oxygen atoms in total. The van der Waals surface area contributed by atoms with Crippen LogP contribution in [0.1, 0.15) is 6.92 Å². The van der Waals surface area contributed by atoms with Crippen LogP contribution in [0.5, 0.6) is 0 Å². The molecule has 0 bridgehead atoms. The topological polar surface area (TPSA) is 43.4 Å². The second-order valence-corrected chi connectivity index (χ2v) is 2.84. The highest BCUT2D eigenvalue weighted by molar-refractivity contribution is 6.02. The first kappa shape index (κ1) is 8.71. The second kappa shape index (κ2) is 2.93. The van der Waals surface area contributed by atoms with E-state index in [4.69, 9.17) is 0 Å². The Morgan fingerprint density at radius 2 is 1.92 bits per heavy atom. The van der Waals surface area contributed by atoms with E-state index in [1.54, 1.807) is 19.1 Å². The molecule has 0 radical (unpaired) electrons. The Hall–Kier alpha value is -1.38. The lowest BCUT2D eigenvalue weighted by molar-refractivity contribution is -0.146. The average molecular weight is 166 g/mol. The Morgan fingerprint density at radius 1 is 1.42 bits per heavy atom. The van der Waals surface area contributed by atoms with Gasteiger partial charge in [-0.3, -0.25) is 9.59 Å². The molecule has 0 aromatic carbocycles. The Bertz CT molecular complexity index is 257. The number of carbonyl (C=O) groups excluding carboxylic acids is 2. The SMILES string of the molecule is COC(=O)C1(C)C=CC(=O)C=C1. The number of esters is 1. The summed E-state index contributed by atoms with van der Waals surface area (Å²) in [6, 6.07) is 0. The molecule has 0 N–H and O–H groups in total. The van der Waals surface area contributed by atoms with E-state index in [2.05, 4.69) is 4.74 Å². The number of carbonyl (C=O) groups is 2. The number of ether oxygens (including phenoxy) is 1. The minimum absolute atomic E-state index is 0.101. The van der Waals surface area contributed by atoms with Gasteiger partial charge in [0.25, 0.3) is 0 Å². The molecule has 0 spiro atoms. The summed E-state index contributed by atoms with van der Waals surface area (Å²) in [5.74, 6) is -0.459. The first-order valence-electron chi connectivity index (χ1n) is 3.59.